The Hall–Kier alpha value is -3.48. The number of allylic oxidation sites excluding steroid dienone is 2. The number of methoxy groups -OCH3 is 2. The predicted molar refractivity (Wildman–Crippen MR) is 138 cm³/mol. The molecule has 5 rings (SSSR count). The fourth-order valence-electron chi connectivity index (χ4n) is 5.98. The van der Waals surface area contributed by atoms with Crippen molar-refractivity contribution in [3.05, 3.63) is 70.7 Å². The number of esters is 1. The zero-order valence-corrected chi connectivity index (χ0v) is 21.5. The van der Waals surface area contributed by atoms with Crippen LogP contribution in [0.5, 0.6) is 11.5 Å². The first kappa shape index (κ1) is 25.2. The Balaban J connectivity index is 1.52. The van der Waals surface area contributed by atoms with Gasteiger partial charge in [0.05, 0.1) is 14.2 Å². The summed E-state index contributed by atoms with van der Waals surface area (Å²) in [4.78, 5) is 32.0. The van der Waals surface area contributed by atoms with Gasteiger partial charge in [-0.3, -0.25) is 14.6 Å². The largest absolute Gasteiger partial charge is 0.493 e. The Kier molecular flexibility index (Phi) is 7.13. The molecule has 0 N–H and O–H groups in total. The lowest BCUT2D eigenvalue weighted by molar-refractivity contribution is -0.151. The number of halogens is 1. The molecule has 0 bridgehead atoms. The molecule has 194 valence electrons. The number of rotatable bonds is 6. The van der Waals surface area contributed by atoms with E-state index in [2.05, 4.69) is 0 Å². The third kappa shape index (κ3) is 4.91. The lowest BCUT2D eigenvalue weighted by Gasteiger charge is -2.37. The molecule has 0 radical (unpaired) electrons. The second-order valence-corrected chi connectivity index (χ2v) is 10.1. The van der Waals surface area contributed by atoms with Gasteiger partial charge in [-0.15, -0.1) is 0 Å². The molecule has 2 aromatic rings. The molecule has 1 unspecified atom stereocenters. The first-order chi connectivity index (χ1) is 17.9. The molecule has 1 fully saturated rings. The minimum atomic E-state index is -0.716. The van der Waals surface area contributed by atoms with Gasteiger partial charge in [-0.25, -0.2) is 4.39 Å². The van der Waals surface area contributed by atoms with Gasteiger partial charge in [0.25, 0.3) is 0 Å². The molecule has 7 heteroatoms. The minimum absolute atomic E-state index is 0.0507. The molecule has 0 amide bonds. The van der Waals surface area contributed by atoms with Crippen LogP contribution < -0.4 is 9.47 Å². The molecule has 0 saturated heterocycles. The van der Waals surface area contributed by atoms with Gasteiger partial charge in [-0.2, -0.15) is 0 Å². The number of nitrogens with zero attached hydrogens (tertiary/aromatic N) is 1. The standard InChI is InChI=1S/C30H32FNO5/c1-17-27(30(34)37-22-6-4-5-7-22)28(18-8-11-21(31)12-9-18)29-23(32-17)14-20(15-24(29)33)19-10-13-25(35-2)26(16-19)36-3/h8-13,16,20,22,27-28H,4-7,14-15H2,1-3H3/t20-,27?,28+/m1/s1. The van der Waals surface area contributed by atoms with Gasteiger partial charge in [0.2, 0.25) is 0 Å². The van der Waals surface area contributed by atoms with Crippen molar-refractivity contribution in [3.8, 4) is 11.5 Å². The van der Waals surface area contributed by atoms with Gasteiger partial charge in [0.15, 0.2) is 17.3 Å². The van der Waals surface area contributed by atoms with Crippen molar-refractivity contribution in [1.29, 1.82) is 0 Å². The van der Waals surface area contributed by atoms with E-state index >= 15 is 0 Å². The van der Waals surface area contributed by atoms with Crippen LogP contribution in [0.1, 0.15) is 68.4 Å². The topological polar surface area (TPSA) is 74.2 Å². The van der Waals surface area contributed by atoms with Gasteiger partial charge in [-0.05, 0) is 80.3 Å². The molecule has 37 heavy (non-hydrogen) atoms. The predicted octanol–water partition coefficient (Wildman–Crippen LogP) is 5.90. The lowest BCUT2D eigenvalue weighted by atomic mass is 9.69. The Morgan fingerprint density at radius 1 is 0.946 bits per heavy atom. The molecule has 3 atom stereocenters. The average molecular weight is 506 g/mol. The van der Waals surface area contributed by atoms with Gasteiger partial charge >= 0.3 is 5.97 Å². The maximum atomic E-state index is 13.8. The van der Waals surface area contributed by atoms with Crippen LogP contribution in [-0.2, 0) is 14.3 Å². The molecule has 6 nitrogen and oxygen atoms in total. The van der Waals surface area contributed by atoms with Crippen molar-refractivity contribution in [1.82, 2.24) is 0 Å². The zero-order valence-electron chi connectivity index (χ0n) is 21.5. The fourth-order valence-corrected chi connectivity index (χ4v) is 5.98. The number of Topliss-reactive ketones (excluding diaryl/α,β-unsaturated/α-hetero) is 1. The summed E-state index contributed by atoms with van der Waals surface area (Å²) in [5, 5.41) is 0. The van der Waals surface area contributed by atoms with E-state index < -0.39 is 11.8 Å². The first-order valence-corrected chi connectivity index (χ1v) is 12.9. The van der Waals surface area contributed by atoms with E-state index in [1.807, 2.05) is 25.1 Å². The third-order valence-electron chi connectivity index (χ3n) is 7.84. The molecular weight excluding hydrogens is 473 g/mol. The van der Waals surface area contributed by atoms with E-state index in [4.69, 9.17) is 19.2 Å². The van der Waals surface area contributed by atoms with E-state index in [-0.39, 0.29) is 36.0 Å². The first-order valence-electron chi connectivity index (χ1n) is 12.9. The maximum absolute atomic E-state index is 13.8. The molecule has 0 aromatic heterocycles. The van der Waals surface area contributed by atoms with Gasteiger partial charge < -0.3 is 14.2 Å². The summed E-state index contributed by atoms with van der Waals surface area (Å²) in [7, 11) is 3.17. The van der Waals surface area contributed by atoms with Crippen molar-refractivity contribution >= 4 is 17.5 Å². The minimum Gasteiger partial charge on any atom is -0.493 e. The van der Waals surface area contributed by atoms with Crippen molar-refractivity contribution < 1.29 is 28.2 Å². The number of benzene rings is 2. The smallest absolute Gasteiger partial charge is 0.315 e. The number of aliphatic imine (C=N–C) groups is 1. The third-order valence-corrected chi connectivity index (χ3v) is 7.84. The molecule has 0 spiro atoms. The number of hydrogen-bond donors (Lipinski definition) is 0. The average Bonchev–Trinajstić information content (AvgIpc) is 3.40. The number of ether oxygens (including phenoxy) is 3. The second kappa shape index (κ2) is 10.5. The van der Waals surface area contributed by atoms with Crippen LogP contribution in [0.25, 0.3) is 0 Å². The quantitative estimate of drug-likeness (QED) is 0.457. The van der Waals surface area contributed by atoms with E-state index in [1.54, 1.807) is 26.4 Å². The van der Waals surface area contributed by atoms with Crippen LogP contribution in [0.15, 0.2) is 58.7 Å². The zero-order chi connectivity index (χ0) is 26.1. The number of carbonyl (C=O) groups excluding carboxylic acids is 2. The summed E-state index contributed by atoms with van der Waals surface area (Å²) in [5.74, 6) is -0.901. The highest BCUT2D eigenvalue weighted by molar-refractivity contribution is 6.09. The maximum Gasteiger partial charge on any atom is 0.315 e. The molecule has 1 aliphatic heterocycles. The van der Waals surface area contributed by atoms with Crippen LogP contribution in [0.4, 0.5) is 4.39 Å². The lowest BCUT2D eigenvalue weighted by Crippen LogP contribution is -2.39. The summed E-state index contributed by atoms with van der Waals surface area (Å²) in [6.45, 7) is 1.82. The molecule has 3 aliphatic rings. The summed E-state index contributed by atoms with van der Waals surface area (Å²) < 4.78 is 30.5. The molecule has 2 aliphatic carbocycles. The number of hydrogen-bond acceptors (Lipinski definition) is 6. The number of ketones is 1. The highest BCUT2D eigenvalue weighted by Crippen LogP contribution is 2.47. The van der Waals surface area contributed by atoms with Crippen LogP contribution in [0.2, 0.25) is 0 Å². The fraction of sp³-hybridized carbons (Fsp3) is 0.433. The molecule has 2 aromatic carbocycles. The van der Waals surface area contributed by atoms with Crippen molar-refractivity contribution in [2.45, 2.75) is 63.4 Å². The second-order valence-electron chi connectivity index (χ2n) is 10.1. The van der Waals surface area contributed by atoms with E-state index in [0.717, 1.165) is 36.8 Å². The van der Waals surface area contributed by atoms with E-state index in [0.29, 0.717) is 34.9 Å². The van der Waals surface area contributed by atoms with Crippen LogP contribution in [0.3, 0.4) is 0 Å². The van der Waals surface area contributed by atoms with Crippen LogP contribution in [-0.4, -0.2) is 37.8 Å². The van der Waals surface area contributed by atoms with Gasteiger partial charge in [0, 0.05) is 29.3 Å². The summed E-state index contributed by atoms with van der Waals surface area (Å²) in [6, 6.07) is 11.8. The van der Waals surface area contributed by atoms with Crippen molar-refractivity contribution in [2.75, 3.05) is 14.2 Å². The highest BCUT2D eigenvalue weighted by atomic mass is 19.1. The summed E-state index contributed by atoms with van der Waals surface area (Å²) in [5.41, 5.74) is 3.54. The van der Waals surface area contributed by atoms with Crippen LogP contribution >= 0.6 is 0 Å². The summed E-state index contributed by atoms with van der Waals surface area (Å²) >= 11 is 0. The Bertz CT molecular complexity index is 1260. The molecular formula is C30H32FNO5. The van der Waals surface area contributed by atoms with E-state index in [9.17, 15) is 14.0 Å². The normalized spacial score (nSPS) is 23.9. The number of carbonyl (C=O) groups is 2. The monoisotopic (exact) mass is 505 g/mol. The Morgan fingerprint density at radius 3 is 2.30 bits per heavy atom. The Labute approximate surface area is 216 Å². The summed E-state index contributed by atoms with van der Waals surface area (Å²) in [6.07, 6.45) is 4.54. The Morgan fingerprint density at radius 2 is 1.62 bits per heavy atom. The SMILES string of the molecule is COc1ccc([C@H]2CC(=O)C3=C(C2)N=C(C)C(C(=O)OC2CCCC2)[C@@H]3c2ccc(F)cc2)cc1OC. The highest BCUT2D eigenvalue weighted by Gasteiger charge is 2.45. The molecule has 1 saturated carbocycles. The van der Waals surface area contributed by atoms with Gasteiger partial charge in [-0.1, -0.05) is 18.2 Å². The van der Waals surface area contributed by atoms with Gasteiger partial charge in [0.1, 0.15) is 17.8 Å². The van der Waals surface area contributed by atoms with Crippen molar-refractivity contribution in [2.24, 2.45) is 10.9 Å². The van der Waals surface area contributed by atoms with E-state index in [1.165, 1.54) is 12.1 Å². The van der Waals surface area contributed by atoms with Crippen LogP contribution in [0, 0.1) is 11.7 Å². The molecule has 1 heterocycles. The van der Waals surface area contributed by atoms with Crippen molar-refractivity contribution in [3.63, 3.8) is 0 Å².